The molecule has 3 nitrogen and oxygen atoms in total. The summed E-state index contributed by atoms with van der Waals surface area (Å²) >= 11 is 0. The number of rotatable bonds is 3. The van der Waals surface area contributed by atoms with Crippen molar-refractivity contribution >= 4 is 5.78 Å². The molecule has 1 unspecified atom stereocenters. The van der Waals surface area contributed by atoms with Crippen LogP contribution >= 0.6 is 0 Å². The Labute approximate surface area is 84.1 Å². The number of hydrogen-bond acceptors (Lipinski definition) is 3. The highest BCUT2D eigenvalue weighted by Gasteiger charge is 2.24. The highest BCUT2D eigenvalue weighted by Crippen LogP contribution is 2.28. The minimum absolute atomic E-state index is 0.0292. The minimum atomic E-state index is -0.0292. The maximum atomic E-state index is 11.1. The van der Waals surface area contributed by atoms with Crippen LogP contribution in [-0.4, -0.2) is 25.3 Å². The third kappa shape index (κ3) is 2.22. The average Bonchev–Trinajstić information content (AvgIpc) is 2.72. The van der Waals surface area contributed by atoms with Crippen LogP contribution in [0.15, 0.2) is 11.6 Å². The van der Waals surface area contributed by atoms with Crippen molar-refractivity contribution in [1.29, 1.82) is 0 Å². The number of carbonyl (C=O) groups excluding carboxylic acids is 1. The fourth-order valence-electron chi connectivity index (χ4n) is 2.08. The van der Waals surface area contributed by atoms with E-state index in [2.05, 4.69) is 0 Å². The maximum Gasteiger partial charge on any atom is 0.157 e. The number of ether oxygens (including phenoxy) is 2. The lowest BCUT2D eigenvalue weighted by atomic mass is 9.97. The molecule has 1 fully saturated rings. The van der Waals surface area contributed by atoms with E-state index in [1.165, 1.54) is 5.57 Å². The molecule has 0 spiro atoms. The lowest BCUT2D eigenvalue weighted by molar-refractivity contribution is -0.114. The van der Waals surface area contributed by atoms with Crippen LogP contribution in [0.3, 0.4) is 0 Å². The second-order valence-corrected chi connectivity index (χ2v) is 4.00. The van der Waals surface area contributed by atoms with Gasteiger partial charge in [0, 0.05) is 6.42 Å². The van der Waals surface area contributed by atoms with Crippen LogP contribution in [0.5, 0.6) is 0 Å². The number of ketones is 1. The van der Waals surface area contributed by atoms with Gasteiger partial charge in [0.15, 0.2) is 12.1 Å². The van der Waals surface area contributed by atoms with E-state index < -0.39 is 0 Å². The van der Waals surface area contributed by atoms with Crippen LogP contribution < -0.4 is 0 Å². The Hall–Kier alpha value is -0.670. The van der Waals surface area contributed by atoms with Gasteiger partial charge in [-0.3, -0.25) is 4.79 Å². The predicted octanol–water partition coefficient (Wildman–Crippen LogP) is 1.67. The van der Waals surface area contributed by atoms with Gasteiger partial charge in [-0.25, -0.2) is 0 Å². The summed E-state index contributed by atoms with van der Waals surface area (Å²) in [5.41, 5.74) is 1.22. The molecule has 78 valence electrons. The third-order valence-corrected chi connectivity index (χ3v) is 2.92. The predicted molar refractivity (Wildman–Crippen MR) is 51.8 cm³/mol. The summed E-state index contributed by atoms with van der Waals surface area (Å²) in [6, 6.07) is 0. The summed E-state index contributed by atoms with van der Waals surface area (Å²) in [5.74, 6) is 0.691. The first kappa shape index (κ1) is 9.87. The minimum Gasteiger partial charge on any atom is -0.350 e. The number of carbonyl (C=O) groups is 1. The molecule has 14 heavy (non-hydrogen) atoms. The molecule has 0 aromatic rings. The van der Waals surface area contributed by atoms with Crippen molar-refractivity contribution in [3.63, 3.8) is 0 Å². The monoisotopic (exact) mass is 196 g/mol. The first-order valence-corrected chi connectivity index (χ1v) is 5.20. The molecule has 1 aliphatic carbocycles. The smallest absolute Gasteiger partial charge is 0.157 e. The molecule has 3 heteroatoms. The van der Waals surface area contributed by atoms with Crippen LogP contribution in [0.4, 0.5) is 0 Å². The summed E-state index contributed by atoms with van der Waals surface area (Å²) in [4.78, 5) is 11.1. The second-order valence-electron chi connectivity index (χ2n) is 4.00. The van der Waals surface area contributed by atoms with Crippen LogP contribution in [0.2, 0.25) is 0 Å². The van der Waals surface area contributed by atoms with E-state index in [0.717, 1.165) is 12.8 Å². The lowest BCUT2D eigenvalue weighted by Gasteiger charge is -2.13. The zero-order valence-electron chi connectivity index (χ0n) is 8.49. The van der Waals surface area contributed by atoms with Gasteiger partial charge < -0.3 is 9.47 Å². The van der Waals surface area contributed by atoms with Gasteiger partial charge in [-0.15, -0.1) is 0 Å². The Kier molecular flexibility index (Phi) is 2.99. The van der Waals surface area contributed by atoms with Gasteiger partial charge in [0.05, 0.1) is 13.2 Å². The molecule has 1 aliphatic heterocycles. The van der Waals surface area contributed by atoms with E-state index in [4.69, 9.17) is 9.47 Å². The van der Waals surface area contributed by atoms with Crippen LogP contribution in [0.25, 0.3) is 0 Å². The Balaban J connectivity index is 1.75. The molecular formula is C11H16O3. The van der Waals surface area contributed by atoms with Crippen LogP contribution in [0, 0.1) is 5.92 Å². The van der Waals surface area contributed by atoms with E-state index in [0.29, 0.717) is 25.6 Å². The SMILES string of the molecule is CC1=CC(=O)CC1CCC1OCCO1. The summed E-state index contributed by atoms with van der Waals surface area (Å²) in [6.45, 7) is 3.46. The topological polar surface area (TPSA) is 35.5 Å². The lowest BCUT2D eigenvalue weighted by Crippen LogP contribution is -2.10. The van der Waals surface area contributed by atoms with E-state index >= 15 is 0 Å². The molecule has 0 aromatic carbocycles. The van der Waals surface area contributed by atoms with Gasteiger partial charge in [0.2, 0.25) is 0 Å². The van der Waals surface area contributed by atoms with E-state index in [1.54, 1.807) is 6.08 Å². The van der Waals surface area contributed by atoms with Crippen molar-refractivity contribution < 1.29 is 14.3 Å². The quantitative estimate of drug-likeness (QED) is 0.688. The normalized spacial score (nSPS) is 28.5. The maximum absolute atomic E-state index is 11.1. The Bertz CT molecular complexity index is 251. The zero-order chi connectivity index (χ0) is 9.97. The average molecular weight is 196 g/mol. The molecule has 2 aliphatic rings. The highest BCUT2D eigenvalue weighted by atomic mass is 16.7. The van der Waals surface area contributed by atoms with Gasteiger partial charge >= 0.3 is 0 Å². The fraction of sp³-hybridized carbons (Fsp3) is 0.727. The van der Waals surface area contributed by atoms with E-state index in [1.807, 2.05) is 6.92 Å². The summed E-state index contributed by atoms with van der Waals surface area (Å²) < 4.78 is 10.7. The van der Waals surface area contributed by atoms with E-state index in [9.17, 15) is 4.79 Å². The third-order valence-electron chi connectivity index (χ3n) is 2.92. The molecular weight excluding hydrogens is 180 g/mol. The highest BCUT2D eigenvalue weighted by molar-refractivity contribution is 5.93. The Morgan fingerprint density at radius 1 is 1.36 bits per heavy atom. The Morgan fingerprint density at radius 3 is 2.64 bits per heavy atom. The van der Waals surface area contributed by atoms with Gasteiger partial charge in [0.1, 0.15) is 0 Å². The number of allylic oxidation sites excluding steroid dienone is 2. The standard InChI is InChI=1S/C11H16O3/c1-8-6-10(12)7-9(8)2-3-11-13-4-5-14-11/h6,9,11H,2-5,7H2,1H3. The molecule has 1 saturated heterocycles. The fourth-order valence-corrected chi connectivity index (χ4v) is 2.08. The molecule has 0 amide bonds. The molecule has 0 N–H and O–H groups in total. The van der Waals surface area contributed by atoms with Crippen molar-refractivity contribution in [2.45, 2.75) is 32.5 Å². The van der Waals surface area contributed by atoms with Gasteiger partial charge in [-0.1, -0.05) is 5.57 Å². The molecule has 0 bridgehead atoms. The largest absolute Gasteiger partial charge is 0.350 e. The van der Waals surface area contributed by atoms with Crippen molar-refractivity contribution in [3.05, 3.63) is 11.6 Å². The van der Waals surface area contributed by atoms with Crippen LogP contribution in [0.1, 0.15) is 26.2 Å². The molecule has 0 radical (unpaired) electrons. The second kappa shape index (κ2) is 4.24. The van der Waals surface area contributed by atoms with Gasteiger partial charge in [-0.05, 0) is 31.8 Å². The molecule has 1 atom stereocenters. The van der Waals surface area contributed by atoms with Gasteiger partial charge in [0.25, 0.3) is 0 Å². The summed E-state index contributed by atoms with van der Waals surface area (Å²) in [7, 11) is 0. The molecule has 2 rings (SSSR count). The molecule has 1 heterocycles. The van der Waals surface area contributed by atoms with Crippen molar-refractivity contribution in [2.75, 3.05) is 13.2 Å². The number of hydrogen-bond donors (Lipinski definition) is 0. The zero-order valence-corrected chi connectivity index (χ0v) is 8.49. The van der Waals surface area contributed by atoms with Crippen LogP contribution in [-0.2, 0) is 14.3 Å². The molecule has 0 saturated carbocycles. The first-order chi connectivity index (χ1) is 6.75. The first-order valence-electron chi connectivity index (χ1n) is 5.20. The van der Waals surface area contributed by atoms with Crippen molar-refractivity contribution in [1.82, 2.24) is 0 Å². The summed E-state index contributed by atoms with van der Waals surface area (Å²) in [5, 5.41) is 0. The van der Waals surface area contributed by atoms with Gasteiger partial charge in [-0.2, -0.15) is 0 Å². The van der Waals surface area contributed by atoms with Crippen molar-refractivity contribution in [2.24, 2.45) is 5.92 Å². The van der Waals surface area contributed by atoms with E-state index in [-0.39, 0.29) is 12.1 Å². The molecule has 0 aromatic heterocycles. The summed E-state index contributed by atoms with van der Waals surface area (Å²) in [6.07, 6.45) is 4.32. The Morgan fingerprint density at radius 2 is 2.07 bits per heavy atom. The van der Waals surface area contributed by atoms with Crippen molar-refractivity contribution in [3.8, 4) is 0 Å².